The topological polar surface area (TPSA) is 149 Å². The summed E-state index contributed by atoms with van der Waals surface area (Å²) in [6.07, 6.45) is 8.92. The van der Waals surface area contributed by atoms with Gasteiger partial charge in [-0.2, -0.15) is 0 Å². The second-order valence-electron chi connectivity index (χ2n) is 17.9. The van der Waals surface area contributed by atoms with E-state index >= 15 is 0 Å². The number of hydrogen-bond acceptors (Lipinski definition) is 10. The van der Waals surface area contributed by atoms with Crippen LogP contribution in [0.4, 0.5) is 10.5 Å². The van der Waals surface area contributed by atoms with Gasteiger partial charge in [-0.3, -0.25) is 29.4 Å². The highest BCUT2D eigenvalue weighted by molar-refractivity contribution is 6.05. The van der Waals surface area contributed by atoms with Gasteiger partial charge in [0.15, 0.2) is 0 Å². The van der Waals surface area contributed by atoms with Crippen molar-refractivity contribution in [3.8, 4) is 22.6 Å². The molecule has 15 nitrogen and oxygen atoms in total. The predicted molar refractivity (Wildman–Crippen MR) is 230 cm³/mol. The van der Waals surface area contributed by atoms with Gasteiger partial charge in [-0.25, -0.2) is 4.79 Å². The number of methoxy groups -OCH3 is 2. The minimum atomic E-state index is -0.599. The highest BCUT2D eigenvalue weighted by Gasteiger charge is 2.51. The zero-order valence-corrected chi connectivity index (χ0v) is 35.9. The summed E-state index contributed by atoms with van der Waals surface area (Å²) in [5.41, 5.74) is 7.34. The van der Waals surface area contributed by atoms with Gasteiger partial charge in [0.1, 0.15) is 17.5 Å². The van der Waals surface area contributed by atoms with Crippen LogP contribution in [-0.4, -0.2) is 127 Å². The van der Waals surface area contributed by atoms with Crippen LogP contribution in [0.25, 0.3) is 11.1 Å². The molecule has 324 valence electrons. The molecule has 1 saturated carbocycles. The summed E-state index contributed by atoms with van der Waals surface area (Å²) in [6.45, 7) is 8.06. The number of piperidine rings is 2. The number of benzene rings is 2. The summed E-state index contributed by atoms with van der Waals surface area (Å²) in [7, 11) is 6.79. The molecule has 4 fully saturated rings. The highest BCUT2D eigenvalue weighted by atomic mass is 16.5. The third kappa shape index (κ3) is 7.75. The van der Waals surface area contributed by atoms with E-state index in [0.717, 1.165) is 104 Å². The minimum absolute atomic E-state index is 0.0859. The number of amides is 5. The molecule has 0 radical (unpaired) electrons. The molecule has 1 unspecified atom stereocenters. The van der Waals surface area contributed by atoms with Crippen molar-refractivity contribution in [2.45, 2.75) is 82.6 Å². The number of nitrogens with zero attached hydrogens (tertiary/aromatic N) is 6. The summed E-state index contributed by atoms with van der Waals surface area (Å²) in [6, 6.07) is 9.44. The molecule has 1 aliphatic carbocycles. The quantitative estimate of drug-likeness (QED) is 0.291. The first-order valence-electron chi connectivity index (χ1n) is 21.9. The molecule has 61 heavy (non-hydrogen) atoms. The second-order valence-corrected chi connectivity index (χ2v) is 17.9. The van der Waals surface area contributed by atoms with Crippen molar-refractivity contribution >= 4 is 29.4 Å². The van der Waals surface area contributed by atoms with E-state index in [4.69, 9.17) is 9.47 Å². The lowest BCUT2D eigenvalue weighted by Crippen LogP contribution is -2.54. The minimum Gasteiger partial charge on any atom is -0.496 e. The van der Waals surface area contributed by atoms with Crippen LogP contribution in [0.2, 0.25) is 0 Å². The summed E-state index contributed by atoms with van der Waals surface area (Å²) in [5.74, 6) is 1.42. The Balaban J connectivity index is 0.803. The number of carbonyl (C=O) groups excluding carboxylic acids is 4. The van der Waals surface area contributed by atoms with Crippen molar-refractivity contribution in [1.82, 2.24) is 34.8 Å². The number of fused-ring (bicyclic) bond motifs is 2. The lowest BCUT2D eigenvalue weighted by Gasteiger charge is -2.43. The van der Waals surface area contributed by atoms with Crippen LogP contribution < -0.4 is 30.6 Å². The molecule has 9 rings (SSSR count). The molecule has 1 aromatic heterocycles. The van der Waals surface area contributed by atoms with Crippen molar-refractivity contribution in [2.24, 2.45) is 13.0 Å². The molecule has 2 aromatic carbocycles. The first-order chi connectivity index (χ1) is 29.5. The van der Waals surface area contributed by atoms with E-state index in [1.807, 2.05) is 18.3 Å². The Kier molecular flexibility index (Phi) is 11.1. The number of pyridine rings is 1. The number of urea groups is 1. The molecule has 1 spiro atoms. The molecular formula is C46H58N8O7. The van der Waals surface area contributed by atoms with Gasteiger partial charge in [-0.15, -0.1) is 0 Å². The normalized spacial score (nSPS) is 21.7. The molecule has 3 aromatic rings. The Bertz CT molecular complexity index is 2290. The Hall–Kier alpha value is -5.41. The molecule has 2 N–H and O–H groups in total. The van der Waals surface area contributed by atoms with Crippen molar-refractivity contribution < 1.29 is 28.7 Å². The SMILES string of the molecule is CNC(=O)N1CCc2c(-c3cc(OC)c(CN4CCN(CCC5CCN(c6ccc7c(c6)CN(C6CCC(=O)NC6=O)C7=O)CC5)CC45CC5)c(OC)c3)cn(C)c(=O)c2C1. The lowest BCUT2D eigenvalue weighted by atomic mass is 9.91. The lowest BCUT2D eigenvalue weighted by molar-refractivity contribution is -0.136. The largest absolute Gasteiger partial charge is 0.496 e. The maximum absolute atomic E-state index is 13.3. The highest BCUT2D eigenvalue weighted by Crippen LogP contribution is 2.47. The average Bonchev–Trinajstić information content (AvgIpc) is 3.97. The number of ether oxygens (including phenoxy) is 2. The van der Waals surface area contributed by atoms with Crippen LogP contribution >= 0.6 is 0 Å². The van der Waals surface area contributed by atoms with E-state index in [9.17, 15) is 24.0 Å². The van der Waals surface area contributed by atoms with Crippen LogP contribution in [0, 0.1) is 5.92 Å². The number of anilines is 1. The molecule has 0 bridgehead atoms. The molecule has 6 aliphatic rings. The van der Waals surface area contributed by atoms with Crippen LogP contribution in [-0.2, 0) is 42.7 Å². The van der Waals surface area contributed by atoms with Gasteiger partial charge in [0, 0.05) is 107 Å². The number of piperazine rings is 1. The fourth-order valence-electron chi connectivity index (χ4n) is 10.6. The zero-order valence-electron chi connectivity index (χ0n) is 35.9. The van der Waals surface area contributed by atoms with Gasteiger partial charge in [0.25, 0.3) is 11.5 Å². The summed E-state index contributed by atoms with van der Waals surface area (Å²) in [4.78, 5) is 74.1. The van der Waals surface area contributed by atoms with Crippen LogP contribution in [0.15, 0.2) is 41.3 Å². The Morgan fingerprint density at radius 3 is 2.33 bits per heavy atom. The number of imide groups is 1. The van der Waals surface area contributed by atoms with Gasteiger partial charge < -0.3 is 39.0 Å². The van der Waals surface area contributed by atoms with Crippen LogP contribution in [0.5, 0.6) is 11.5 Å². The first kappa shape index (κ1) is 41.0. The van der Waals surface area contributed by atoms with Crippen molar-refractivity contribution in [3.05, 3.63) is 74.7 Å². The smallest absolute Gasteiger partial charge is 0.317 e. The monoisotopic (exact) mass is 834 g/mol. The Labute approximate surface area is 356 Å². The van der Waals surface area contributed by atoms with Crippen molar-refractivity contribution in [3.63, 3.8) is 0 Å². The Morgan fingerprint density at radius 1 is 0.885 bits per heavy atom. The third-order valence-corrected chi connectivity index (χ3v) is 14.4. The van der Waals surface area contributed by atoms with Gasteiger partial charge >= 0.3 is 6.03 Å². The average molecular weight is 835 g/mol. The number of aryl methyl sites for hydroxylation is 1. The zero-order chi connectivity index (χ0) is 42.6. The first-order valence-corrected chi connectivity index (χ1v) is 21.9. The van der Waals surface area contributed by atoms with Crippen LogP contribution in [0.3, 0.4) is 0 Å². The van der Waals surface area contributed by atoms with Crippen LogP contribution in [0.1, 0.15) is 77.6 Å². The van der Waals surface area contributed by atoms with Gasteiger partial charge in [0.05, 0.1) is 26.3 Å². The maximum Gasteiger partial charge on any atom is 0.317 e. The summed E-state index contributed by atoms with van der Waals surface area (Å²) < 4.78 is 13.8. The van der Waals surface area contributed by atoms with Gasteiger partial charge in [-0.1, -0.05) is 0 Å². The molecular weight excluding hydrogens is 777 g/mol. The summed E-state index contributed by atoms with van der Waals surface area (Å²) >= 11 is 0. The van der Waals surface area contributed by atoms with E-state index < -0.39 is 6.04 Å². The Morgan fingerprint density at radius 2 is 1.64 bits per heavy atom. The van der Waals surface area contributed by atoms with E-state index in [2.05, 4.69) is 43.5 Å². The van der Waals surface area contributed by atoms with E-state index in [-0.39, 0.29) is 47.8 Å². The fourth-order valence-corrected chi connectivity index (χ4v) is 10.6. The van der Waals surface area contributed by atoms with E-state index in [1.54, 1.807) is 42.7 Å². The number of nitrogens with one attached hydrogen (secondary N) is 2. The number of rotatable bonds is 10. The third-order valence-electron chi connectivity index (χ3n) is 14.4. The second kappa shape index (κ2) is 16.5. The van der Waals surface area contributed by atoms with Crippen molar-refractivity contribution in [2.75, 3.05) is 72.0 Å². The number of carbonyl (C=O) groups is 4. The standard InChI is InChI=1S/C46H58N8O7/c1-47-45(59)52-18-12-34-35(25-49(2)43(57)36(34)26-52)30-22-39(60-3)37(40(23-30)61-4)27-53-20-19-50(28-46(53)13-14-46)15-9-29-10-16-51(17-11-29)32-5-6-33-31(21-32)24-54(44(33)58)38-7-8-41(55)48-42(38)56/h5-6,21-23,25,29,38H,7-20,24,26-28H2,1-4H3,(H,47,59)(H,48,55,56). The molecule has 5 aliphatic heterocycles. The molecule has 3 saturated heterocycles. The molecule has 15 heteroatoms. The fraction of sp³-hybridized carbons (Fsp3) is 0.543. The number of aromatic nitrogens is 1. The maximum atomic E-state index is 13.3. The van der Waals surface area contributed by atoms with Gasteiger partial charge in [0.2, 0.25) is 11.8 Å². The summed E-state index contributed by atoms with van der Waals surface area (Å²) in [5, 5.41) is 5.07. The molecule has 1 atom stereocenters. The molecule has 5 amide bonds. The number of hydrogen-bond donors (Lipinski definition) is 2. The van der Waals surface area contributed by atoms with E-state index in [0.29, 0.717) is 43.0 Å². The van der Waals surface area contributed by atoms with Crippen molar-refractivity contribution in [1.29, 1.82) is 0 Å². The van der Waals surface area contributed by atoms with E-state index in [1.165, 1.54) is 19.3 Å². The predicted octanol–water partition coefficient (Wildman–Crippen LogP) is 3.48. The van der Waals surface area contributed by atoms with Gasteiger partial charge in [-0.05, 0) is 104 Å². The molecule has 6 heterocycles.